The van der Waals surface area contributed by atoms with Gasteiger partial charge in [0.05, 0.1) is 9.79 Å². The van der Waals surface area contributed by atoms with Gasteiger partial charge < -0.3 is 0 Å². The van der Waals surface area contributed by atoms with Crippen molar-refractivity contribution in [2.75, 3.05) is 0 Å². The van der Waals surface area contributed by atoms with Gasteiger partial charge in [-0.05, 0) is 124 Å². The third kappa shape index (κ3) is 8.68. The molecule has 0 aliphatic carbocycles. The van der Waals surface area contributed by atoms with Gasteiger partial charge in [-0.15, -0.1) is 0 Å². The number of rotatable bonds is 5. The Hall–Kier alpha value is -3.90. The van der Waals surface area contributed by atoms with Crippen LogP contribution in [0.2, 0.25) is 0 Å². The van der Waals surface area contributed by atoms with Crippen LogP contribution in [-0.4, -0.2) is 23.1 Å². The Morgan fingerprint density at radius 3 is 1.29 bits per heavy atom. The van der Waals surface area contributed by atoms with E-state index in [0.717, 1.165) is 32.7 Å². The third-order valence-corrected chi connectivity index (χ3v) is 14.4. The number of sulfone groups is 1. The maximum absolute atomic E-state index is 15.8. The molecular formula is C52H64O5PS+. The first-order chi connectivity index (χ1) is 26.8. The molecule has 0 fully saturated rings. The summed E-state index contributed by atoms with van der Waals surface area (Å²) in [4.78, 5) is 34.9. The van der Waals surface area contributed by atoms with Crippen molar-refractivity contribution in [3.63, 3.8) is 0 Å². The fourth-order valence-electron chi connectivity index (χ4n) is 8.30. The molecule has 0 amide bonds. The molecule has 0 aliphatic heterocycles. The molecule has 312 valence electrons. The molecule has 0 spiro atoms. The van der Waals surface area contributed by atoms with E-state index in [1.165, 1.54) is 11.1 Å². The van der Waals surface area contributed by atoms with Gasteiger partial charge in [0.1, 0.15) is 0 Å². The number of benzene rings is 6. The highest BCUT2D eigenvalue weighted by Gasteiger charge is 2.46. The molecule has 6 aromatic rings. The second kappa shape index (κ2) is 14.6. The summed E-state index contributed by atoms with van der Waals surface area (Å²) in [5, 5.41) is 3.83. The van der Waals surface area contributed by atoms with Crippen LogP contribution in [0.15, 0.2) is 107 Å². The molecule has 3 N–H and O–H groups in total. The minimum atomic E-state index is -4.79. The second-order valence-corrected chi connectivity index (χ2v) is 25.1. The van der Waals surface area contributed by atoms with E-state index < -0.39 is 34.0 Å². The Kier molecular flexibility index (Phi) is 11.1. The molecule has 6 rings (SSSR count). The molecule has 0 aliphatic rings. The zero-order valence-corrected chi connectivity index (χ0v) is 39.5. The van der Waals surface area contributed by atoms with E-state index in [1.807, 2.05) is 26.8 Å². The zero-order valence-electron chi connectivity index (χ0n) is 37.8. The summed E-state index contributed by atoms with van der Waals surface area (Å²) in [7, 11) is -9.15. The Balaban J connectivity index is 1.96. The van der Waals surface area contributed by atoms with Crippen molar-refractivity contribution in [1.82, 2.24) is 0 Å². The lowest BCUT2D eigenvalue weighted by molar-refractivity contribution is 0.346. The minimum Gasteiger partial charge on any atom is -0.218 e. The summed E-state index contributed by atoms with van der Waals surface area (Å²) in [5.74, 6) is 0. The molecule has 0 heterocycles. The van der Waals surface area contributed by atoms with E-state index in [-0.39, 0.29) is 25.9 Å². The van der Waals surface area contributed by atoms with Gasteiger partial charge in [-0.25, -0.2) is 8.42 Å². The first-order valence-corrected chi connectivity index (χ1v) is 23.7. The summed E-state index contributed by atoms with van der Waals surface area (Å²) in [6, 6.07) is 31.3. The van der Waals surface area contributed by atoms with Crippen LogP contribution >= 0.6 is 7.94 Å². The van der Waals surface area contributed by atoms with Gasteiger partial charge in [-0.2, -0.15) is 14.7 Å². The van der Waals surface area contributed by atoms with Crippen LogP contribution < -0.4 is 5.30 Å². The van der Waals surface area contributed by atoms with Gasteiger partial charge in [0, 0.05) is 16.7 Å². The number of hydrogen-bond acceptors (Lipinski definition) is 5. The average Bonchev–Trinajstić information content (AvgIpc) is 3.10. The van der Waals surface area contributed by atoms with Crippen LogP contribution in [-0.2, 0) is 36.9 Å². The molecule has 0 radical (unpaired) electrons. The lowest BCUT2D eigenvalue weighted by Crippen LogP contribution is -2.29. The van der Waals surface area contributed by atoms with Crippen LogP contribution in [0.25, 0.3) is 43.8 Å². The highest BCUT2D eigenvalue weighted by molar-refractivity contribution is 7.91. The van der Waals surface area contributed by atoms with Crippen LogP contribution in [0.1, 0.15) is 132 Å². The lowest BCUT2D eigenvalue weighted by Gasteiger charge is -2.33. The number of hydrogen-bond donors (Lipinski definition) is 3. The van der Waals surface area contributed by atoms with Gasteiger partial charge in [-0.3, -0.25) is 0 Å². The fourth-order valence-corrected chi connectivity index (χ4v) is 11.0. The molecule has 7 heteroatoms. The van der Waals surface area contributed by atoms with Crippen LogP contribution in [0.3, 0.4) is 0 Å². The van der Waals surface area contributed by atoms with Crippen molar-refractivity contribution < 1.29 is 23.1 Å². The van der Waals surface area contributed by atoms with E-state index in [0.29, 0.717) is 27.8 Å². The quantitative estimate of drug-likeness (QED) is 0.150. The molecule has 0 aromatic heterocycles. The molecule has 0 saturated heterocycles. The zero-order chi connectivity index (χ0) is 44.1. The van der Waals surface area contributed by atoms with E-state index in [9.17, 15) is 14.7 Å². The molecule has 0 saturated carbocycles. The van der Waals surface area contributed by atoms with E-state index >= 15 is 8.42 Å². The Bertz CT molecular complexity index is 2710. The summed E-state index contributed by atoms with van der Waals surface area (Å²) >= 11 is 0. The van der Waals surface area contributed by atoms with Crippen molar-refractivity contribution in [1.29, 1.82) is 0 Å². The highest BCUT2D eigenvalue weighted by Crippen LogP contribution is 2.55. The summed E-state index contributed by atoms with van der Waals surface area (Å²) < 4.78 is 31.7. The molecule has 0 atom stereocenters. The van der Waals surface area contributed by atoms with Crippen molar-refractivity contribution >= 4 is 44.6 Å². The van der Waals surface area contributed by atoms with E-state index in [4.69, 9.17) is 0 Å². The van der Waals surface area contributed by atoms with Crippen molar-refractivity contribution in [3.8, 4) is 22.3 Å². The standard InChI is InChI=1S/C52H64O5PS/c1-48(2,3)36-23-21-32-27-39(42(50(7,8)9)29-34(32)25-36)40-31-44(58(53,54)55)46(52(13,14)15)45(47(40)59(56,57)38-19-17-16-18-20-38)41-28-33-22-24-37(49(4,5)6)26-35(33)30-43(41)51(10,11)12/h16-31,53-55H,1-15H3/q+1. The van der Waals surface area contributed by atoms with Gasteiger partial charge >= 0.3 is 7.94 Å². The minimum absolute atomic E-state index is 0.0620. The van der Waals surface area contributed by atoms with Gasteiger partial charge in [0.15, 0.2) is 5.30 Å². The Morgan fingerprint density at radius 1 is 0.441 bits per heavy atom. The molecular weight excluding hydrogens is 768 g/mol. The topological polar surface area (TPSA) is 94.8 Å². The Labute approximate surface area is 354 Å². The van der Waals surface area contributed by atoms with E-state index in [2.05, 4.69) is 138 Å². The second-order valence-electron chi connectivity index (χ2n) is 21.6. The molecule has 0 bridgehead atoms. The SMILES string of the molecule is CC(C)(C)c1ccc2cc(-c3cc([P+](O)(O)O)c(C(C)(C)C)c(-c4cc5ccc(C(C)(C)C)cc5cc4C(C)(C)C)c3S(=O)(=O)c3ccccc3)c(C(C)(C)C)cc2c1. The van der Waals surface area contributed by atoms with Crippen LogP contribution in [0, 0.1) is 0 Å². The summed E-state index contributed by atoms with van der Waals surface area (Å²) in [6.45, 7) is 31.6. The van der Waals surface area contributed by atoms with Gasteiger partial charge in [-0.1, -0.05) is 158 Å². The normalized spacial score (nSPS) is 13.7. The van der Waals surface area contributed by atoms with Crippen molar-refractivity contribution in [3.05, 3.63) is 125 Å². The van der Waals surface area contributed by atoms with Crippen molar-refractivity contribution in [2.45, 2.75) is 141 Å². The maximum Gasteiger partial charge on any atom is 0.441 e. The van der Waals surface area contributed by atoms with Crippen LogP contribution in [0.4, 0.5) is 0 Å². The summed E-state index contributed by atoms with van der Waals surface area (Å²) in [6.07, 6.45) is 0. The lowest BCUT2D eigenvalue weighted by atomic mass is 9.74. The smallest absolute Gasteiger partial charge is 0.218 e. The predicted octanol–water partition coefficient (Wildman–Crippen LogP) is 13.0. The fraction of sp³-hybridized carbons (Fsp3) is 0.385. The first-order valence-electron chi connectivity index (χ1n) is 20.6. The highest BCUT2D eigenvalue weighted by atomic mass is 32.2. The third-order valence-electron chi connectivity index (χ3n) is 11.5. The van der Waals surface area contributed by atoms with Crippen LogP contribution in [0.5, 0.6) is 0 Å². The largest absolute Gasteiger partial charge is 0.441 e. The Morgan fingerprint density at radius 2 is 0.881 bits per heavy atom. The molecule has 5 nitrogen and oxygen atoms in total. The molecule has 0 unspecified atom stereocenters. The predicted molar refractivity (Wildman–Crippen MR) is 251 cm³/mol. The van der Waals surface area contributed by atoms with E-state index in [1.54, 1.807) is 36.4 Å². The molecule has 59 heavy (non-hydrogen) atoms. The average molecular weight is 832 g/mol. The van der Waals surface area contributed by atoms with Crippen molar-refractivity contribution in [2.24, 2.45) is 0 Å². The maximum atomic E-state index is 15.8. The number of fused-ring (bicyclic) bond motifs is 2. The van der Waals surface area contributed by atoms with Gasteiger partial charge in [0.2, 0.25) is 9.84 Å². The molecule has 6 aromatic carbocycles. The summed E-state index contributed by atoms with van der Waals surface area (Å²) in [5.41, 5.74) is 4.49. The monoisotopic (exact) mass is 831 g/mol. The first kappa shape index (κ1) is 44.6. The van der Waals surface area contributed by atoms with Gasteiger partial charge in [0.25, 0.3) is 0 Å².